The molecule has 2 unspecified atom stereocenters. The maximum absolute atomic E-state index is 6.26. The molecule has 1 heterocycles. The average Bonchev–Trinajstić information content (AvgIpc) is 2.64. The molecule has 1 aromatic rings. The second-order valence-corrected chi connectivity index (χ2v) is 6.27. The van der Waals surface area contributed by atoms with Crippen LogP contribution in [-0.2, 0) is 11.2 Å². The lowest BCUT2D eigenvalue weighted by Gasteiger charge is -2.33. The topological polar surface area (TPSA) is 53.1 Å². The van der Waals surface area contributed by atoms with Crippen LogP contribution < -0.4 is 5.73 Å². The van der Waals surface area contributed by atoms with Crippen LogP contribution in [0.1, 0.15) is 46.4 Å². The summed E-state index contributed by atoms with van der Waals surface area (Å²) in [6.45, 7) is 10.7. The third-order valence-electron chi connectivity index (χ3n) is 3.13. The smallest absolute Gasteiger partial charge is 0.0774 e. The van der Waals surface area contributed by atoms with Gasteiger partial charge in [0.15, 0.2) is 0 Å². The predicted molar refractivity (Wildman–Crippen MR) is 74.5 cm³/mol. The third kappa shape index (κ3) is 3.82. The number of hydrogen-bond acceptors (Lipinski definition) is 3. The average molecular weight is 253 g/mol. The molecule has 4 heteroatoms. The fourth-order valence-corrected chi connectivity index (χ4v) is 2.29. The maximum atomic E-state index is 6.26. The van der Waals surface area contributed by atoms with E-state index in [9.17, 15) is 0 Å². The molecule has 0 aliphatic carbocycles. The normalized spacial score (nSPS) is 16.0. The van der Waals surface area contributed by atoms with Gasteiger partial charge in [0, 0.05) is 31.8 Å². The summed E-state index contributed by atoms with van der Waals surface area (Å²) in [4.78, 5) is 0. The van der Waals surface area contributed by atoms with Crippen molar-refractivity contribution in [3.63, 3.8) is 0 Å². The first-order chi connectivity index (χ1) is 8.25. The molecule has 0 aliphatic heterocycles. The molecule has 2 N–H and O–H groups in total. The van der Waals surface area contributed by atoms with Crippen molar-refractivity contribution >= 4 is 0 Å². The molecule has 0 spiro atoms. The molecule has 0 bridgehead atoms. The van der Waals surface area contributed by atoms with Crippen molar-refractivity contribution in [3.8, 4) is 0 Å². The Bertz CT molecular complexity index is 365. The highest BCUT2D eigenvalue weighted by molar-refractivity contribution is 5.03. The second-order valence-electron chi connectivity index (χ2n) is 6.27. The third-order valence-corrected chi connectivity index (χ3v) is 3.13. The van der Waals surface area contributed by atoms with Crippen LogP contribution in [0.5, 0.6) is 0 Å². The van der Waals surface area contributed by atoms with E-state index < -0.39 is 0 Å². The fraction of sp³-hybridized carbons (Fsp3) is 0.786. The highest BCUT2D eigenvalue weighted by atomic mass is 16.5. The van der Waals surface area contributed by atoms with Gasteiger partial charge in [0.05, 0.1) is 11.8 Å². The zero-order valence-electron chi connectivity index (χ0n) is 12.5. The van der Waals surface area contributed by atoms with Crippen LogP contribution in [0.4, 0.5) is 0 Å². The highest BCUT2D eigenvalue weighted by Gasteiger charge is 2.30. The number of hydrogen-bond donors (Lipinski definition) is 1. The highest BCUT2D eigenvalue weighted by Crippen LogP contribution is 2.25. The van der Waals surface area contributed by atoms with E-state index in [-0.39, 0.29) is 17.6 Å². The molecule has 0 saturated heterocycles. The minimum absolute atomic E-state index is 0.0294. The number of nitrogens with two attached hydrogens (primary N) is 1. The summed E-state index contributed by atoms with van der Waals surface area (Å²) in [5, 5.41) is 4.53. The summed E-state index contributed by atoms with van der Waals surface area (Å²) in [6, 6.07) is 2.39. The minimum atomic E-state index is -0.0366. The molecule has 18 heavy (non-hydrogen) atoms. The Morgan fingerprint density at radius 1 is 1.39 bits per heavy atom. The van der Waals surface area contributed by atoms with Crippen LogP contribution in [0.3, 0.4) is 0 Å². The molecule has 0 saturated carbocycles. The van der Waals surface area contributed by atoms with Crippen LogP contribution in [0.2, 0.25) is 0 Å². The molecule has 0 amide bonds. The molecule has 0 radical (unpaired) electrons. The van der Waals surface area contributed by atoms with Gasteiger partial charge in [-0.05, 0) is 25.3 Å². The molecule has 0 aromatic carbocycles. The molecule has 2 atom stereocenters. The Hall–Kier alpha value is -0.870. The summed E-state index contributed by atoms with van der Waals surface area (Å²) < 4.78 is 7.50. The van der Waals surface area contributed by atoms with Crippen molar-refractivity contribution in [2.75, 3.05) is 7.11 Å². The van der Waals surface area contributed by atoms with Crippen molar-refractivity contribution in [1.29, 1.82) is 0 Å². The largest absolute Gasteiger partial charge is 0.379 e. The summed E-state index contributed by atoms with van der Waals surface area (Å²) in [7, 11) is 1.72. The van der Waals surface area contributed by atoms with Crippen LogP contribution >= 0.6 is 0 Å². The maximum Gasteiger partial charge on any atom is 0.0774 e. The van der Waals surface area contributed by atoms with Gasteiger partial charge in [0.25, 0.3) is 0 Å². The van der Waals surface area contributed by atoms with Crippen molar-refractivity contribution in [3.05, 3.63) is 18.0 Å². The molecule has 1 aromatic heterocycles. The lowest BCUT2D eigenvalue weighted by Crippen LogP contribution is -2.46. The summed E-state index contributed by atoms with van der Waals surface area (Å²) >= 11 is 0. The van der Waals surface area contributed by atoms with E-state index in [1.54, 1.807) is 7.11 Å². The number of rotatable bonds is 5. The van der Waals surface area contributed by atoms with E-state index in [0.717, 1.165) is 12.1 Å². The van der Waals surface area contributed by atoms with E-state index in [2.05, 4.69) is 39.7 Å². The lowest BCUT2D eigenvalue weighted by molar-refractivity contribution is -0.00187. The molecular formula is C14H27N3O. The summed E-state index contributed by atoms with van der Waals surface area (Å²) in [5.41, 5.74) is 7.32. The first-order valence-corrected chi connectivity index (χ1v) is 6.58. The van der Waals surface area contributed by atoms with Gasteiger partial charge in [-0.25, -0.2) is 0 Å². The Morgan fingerprint density at radius 2 is 2.00 bits per heavy atom. The number of methoxy groups -OCH3 is 1. The zero-order valence-corrected chi connectivity index (χ0v) is 12.5. The number of nitrogens with zero attached hydrogens (tertiary/aromatic N) is 2. The Kier molecular flexibility index (Phi) is 4.93. The van der Waals surface area contributed by atoms with E-state index in [4.69, 9.17) is 10.5 Å². The molecule has 4 nitrogen and oxygen atoms in total. The fourth-order valence-electron chi connectivity index (χ4n) is 2.29. The first-order valence-electron chi connectivity index (χ1n) is 6.58. The van der Waals surface area contributed by atoms with Gasteiger partial charge < -0.3 is 10.5 Å². The van der Waals surface area contributed by atoms with E-state index in [0.29, 0.717) is 6.04 Å². The number of aromatic nitrogens is 2. The van der Waals surface area contributed by atoms with Crippen LogP contribution in [0.25, 0.3) is 0 Å². The minimum Gasteiger partial charge on any atom is -0.379 e. The van der Waals surface area contributed by atoms with Crippen LogP contribution in [0.15, 0.2) is 12.3 Å². The Balaban J connectivity index is 2.70. The molecule has 0 aliphatic rings. The van der Waals surface area contributed by atoms with E-state index in [1.165, 1.54) is 0 Å². The van der Waals surface area contributed by atoms with Gasteiger partial charge in [0.2, 0.25) is 0 Å². The first kappa shape index (κ1) is 15.2. The molecule has 1 rings (SSSR count). The van der Waals surface area contributed by atoms with E-state index in [1.807, 2.05) is 16.9 Å². The zero-order chi connectivity index (χ0) is 13.9. The van der Waals surface area contributed by atoms with Crippen molar-refractivity contribution < 1.29 is 4.74 Å². The molecular weight excluding hydrogens is 226 g/mol. The quantitative estimate of drug-likeness (QED) is 0.876. The van der Waals surface area contributed by atoms with Gasteiger partial charge >= 0.3 is 0 Å². The SMILES string of the molecule is COC(C(N)Cc1ccn(C(C)C)n1)C(C)(C)C. The molecule has 0 fully saturated rings. The molecule has 104 valence electrons. The van der Waals surface area contributed by atoms with Gasteiger partial charge in [-0.1, -0.05) is 20.8 Å². The van der Waals surface area contributed by atoms with Crippen molar-refractivity contribution in [1.82, 2.24) is 9.78 Å². The summed E-state index contributed by atoms with van der Waals surface area (Å²) in [5.74, 6) is 0. The van der Waals surface area contributed by atoms with Gasteiger partial charge in [-0.15, -0.1) is 0 Å². The van der Waals surface area contributed by atoms with Gasteiger partial charge in [-0.2, -0.15) is 5.10 Å². The monoisotopic (exact) mass is 253 g/mol. The second kappa shape index (κ2) is 5.85. The van der Waals surface area contributed by atoms with Gasteiger partial charge in [-0.3, -0.25) is 4.68 Å². The van der Waals surface area contributed by atoms with Crippen molar-refractivity contribution in [2.24, 2.45) is 11.1 Å². The van der Waals surface area contributed by atoms with Gasteiger partial charge in [0.1, 0.15) is 0 Å². The Labute approximate surface area is 111 Å². The van der Waals surface area contributed by atoms with Crippen LogP contribution in [0, 0.1) is 5.41 Å². The predicted octanol–water partition coefficient (Wildman–Crippen LogP) is 2.39. The number of ether oxygens (including phenoxy) is 1. The van der Waals surface area contributed by atoms with E-state index >= 15 is 0 Å². The Morgan fingerprint density at radius 3 is 2.39 bits per heavy atom. The standard InChI is InChI=1S/C14H27N3O/c1-10(2)17-8-7-11(16-17)9-12(15)13(18-6)14(3,4)5/h7-8,10,12-13H,9,15H2,1-6H3. The van der Waals surface area contributed by atoms with Crippen molar-refractivity contribution in [2.45, 2.75) is 59.2 Å². The lowest BCUT2D eigenvalue weighted by atomic mass is 9.83. The summed E-state index contributed by atoms with van der Waals surface area (Å²) in [6.07, 6.45) is 2.78. The van der Waals surface area contributed by atoms with Crippen LogP contribution in [-0.4, -0.2) is 29.0 Å².